The van der Waals surface area contributed by atoms with E-state index in [9.17, 15) is 5.26 Å². The first kappa shape index (κ1) is 13.0. The summed E-state index contributed by atoms with van der Waals surface area (Å²) >= 11 is 3.17. The summed E-state index contributed by atoms with van der Waals surface area (Å²) in [4.78, 5) is 4.21. The normalized spacial score (nSPS) is 10.8. The van der Waals surface area contributed by atoms with Crippen molar-refractivity contribution in [2.75, 3.05) is 5.73 Å². The number of hydrogen-bond acceptors (Lipinski definition) is 5. The van der Waals surface area contributed by atoms with Crippen molar-refractivity contribution in [2.24, 2.45) is 0 Å². The Labute approximate surface area is 124 Å². The van der Waals surface area contributed by atoms with E-state index in [1.807, 2.05) is 41.9 Å². The third kappa shape index (κ3) is 2.26. The monoisotopic (exact) mass is 300 g/mol. The van der Waals surface area contributed by atoms with E-state index in [1.54, 1.807) is 11.8 Å². The van der Waals surface area contributed by atoms with Crippen LogP contribution in [0.4, 0.5) is 5.13 Å². The average molecular weight is 300 g/mol. The van der Waals surface area contributed by atoms with E-state index in [2.05, 4.69) is 11.1 Å². The fourth-order valence-corrected chi connectivity index (χ4v) is 4.09. The first-order valence-electron chi connectivity index (χ1n) is 6.03. The summed E-state index contributed by atoms with van der Waals surface area (Å²) in [5.74, 6) is 0.743. The van der Waals surface area contributed by atoms with Crippen LogP contribution in [0, 0.1) is 18.3 Å². The second-order valence-corrected chi connectivity index (χ2v) is 6.62. The lowest BCUT2D eigenvalue weighted by Gasteiger charge is -1.97. The van der Waals surface area contributed by atoms with Gasteiger partial charge in [-0.2, -0.15) is 5.26 Å². The summed E-state index contributed by atoms with van der Waals surface area (Å²) in [6.45, 7) is 1.96. The van der Waals surface area contributed by atoms with Crippen molar-refractivity contribution < 1.29 is 0 Å². The Balaban J connectivity index is 1.91. The number of nitrogens with zero attached hydrogens (tertiary/aromatic N) is 3. The van der Waals surface area contributed by atoms with Gasteiger partial charge in [0.25, 0.3) is 0 Å². The number of rotatable bonds is 3. The first-order valence-corrected chi connectivity index (χ1v) is 7.83. The SMILES string of the molecule is Cc1nc(N)sc1SCc1cn2ccccc2c1C#N. The Kier molecular flexibility index (Phi) is 3.38. The van der Waals surface area contributed by atoms with Crippen LogP contribution in [0.2, 0.25) is 0 Å². The molecule has 0 saturated carbocycles. The summed E-state index contributed by atoms with van der Waals surface area (Å²) < 4.78 is 3.10. The van der Waals surface area contributed by atoms with E-state index in [1.165, 1.54) is 11.3 Å². The highest BCUT2D eigenvalue weighted by Gasteiger charge is 2.12. The molecule has 20 heavy (non-hydrogen) atoms. The number of pyridine rings is 1. The molecular formula is C14H12N4S2. The molecule has 4 nitrogen and oxygen atoms in total. The quantitative estimate of drug-likeness (QED) is 0.752. The molecule has 0 fully saturated rings. The summed E-state index contributed by atoms with van der Waals surface area (Å²) in [6, 6.07) is 8.17. The molecule has 6 heteroatoms. The van der Waals surface area contributed by atoms with Crippen LogP contribution in [-0.2, 0) is 5.75 Å². The maximum atomic E-state index is 9.36. The molecule has 3 heterocycles. The second kappa shape index (κ2) is 5.19. The number of thiazole rings is 1. The molecule has 0 bridgehead atoms. The largest absolute Gasteiger partial charge is 0.375 e. The van der Waals surface area contributed by atoms with Gasteiger partial charge in [-0.25, -0.2) is 4.98 Å². The maximum Gasteiger partial charge on any atom is 0.181 e. The lowest BCUT2D eigenvalue weighted by Crippen LogP contribution is -1.82. The predicted octanol–water partition coefficient (Wildman–Crippen LogP) is 3.45. The van der Waals surface area contributed by atoms with Crippen LogP contribution in [0.1, 0.15) is 16.8 Å². The zero-order valence-electron chi connectivity index (χ0n) is 10.8. The number of hydrogen-bond donors (Lipinski definition) is 1. The van der Waals surface area contributed by atoms with Crippen molar-refractivity contribution in [3.05, 3.63) is 47.4 Å². The summed E-state index contributed by atoms with van der Waals surface area (Å²) in [7, 11) is 0. The molecule has 0 aliphatic rings. The fraction of sp³-hybridized carbons (Fsp3) is 0.143. The van der Waals surface area contributed by atoms with Crippen molar-refractivity contribution in [2.45, 2.75) is 16.9 Å². The Bertz CT molecular complexity index is 810. The summed E-state index contributed by atoms with van der Waals surface area (Å²) in [6.07, 6.45) is 3.97. The molecular weight excluding hydrogens is 288 g/mol. The van der Waals surface area contributed by atoms with Crippen LogP contribution >= 0.6 is 23.1 Å². The molecule has 2 N–H and O–H groups in total. The van der Waals surface area contributed by atoms with Gasteiger partial charge in [0.1, 0.15) is 6.07 Å². The smallest absolute Gasteiger partial charge is 0.181 e. The van der Waals surface area contributed by atoms with Gasteiger partial charge in [-0.1, -0.05) is 17.4 Å². The van der Waals surface area contributed by atoms with E-state index in [4.69, 9.17) is 5.73 Å². The average Bonchev–Trinajstić information content (AvgIpc) is 2.95. The van der Waals surface area contributed by atoms with Gasteiger partial charge in [-0.05, 0) is 24.6 Å². The Morgan fingerprint density at radius 3 is 3.05 bits per heavy atom. The van der Waals surface area contributed by atoms with Gasteiger partial charge in [-0.3, -0.25) is 0 Å². The highest BCUT2D eigenvalue weighted by Crippen LogP contribution is 2.34. The second-order valence-electron chi connectivity index (χ2n) is 4.35. The number of aromatic nitrogens is 2. The number of anilines is 1. The van der Waals surface area contributed by atoms with E-state index >= 15 is 0 Å². The number of aryl methyl sites for hydroxylation is 1. The van der Waals surface area contributed by atoms with Crippen molar-refractivity contribution in [3.63, 3.8) is 0 Å². The van der Waals surface area contributed by atoms with Crippen molar-refractivity contribution in [1.29, 1.82) is 5.26 Å². The third-order valence-electron chi connectivity index (χ3n) is 3.00. The highest BCUT2D eigenvalue weighted by atomic mass is 32.2. The minimum Gasteiger partial charge on any atom is -0.375 e. The molecule has 0 unspecified atom stereocenters. The van der Waals surface area contributed by atoms with E-state index in [0.717, 1.165) is 32.3 Å². The summed E-state index contributed by atoms with van der Waals surface area (Å²) in [5, 5.41) is 9.95. The third-order valence-corrected chi connectivity index (χ3v) is 5.40. The molecule has 3 aromatic rings. The molecule has 3 aromatic heterocycles. The van der Waals surface area contributed by atoms with Crippen LogP contribution in [0.25, 0.3) is 5.52 Å². The summed E-state index contributed by atoms with van der Waals surface area (Å²) in [5.41, 5.74) is 9.39. The molecule has 0 saturated heterocycles. The van der Waals surface area contributed by atoms with E-state index < -0.39 is 0 Å². The molecule has 0 amide bonds. The lowest BCUT2D eigenvalue weighted by atomic mass is 10.2. The van der Waals surface area contributed by atoms with Crippen LogP contribution < -0.4 is 5.73 Å². The van der Waals surface area contributed by atoms with Gasteiger partial charge in [0.2, 0.25) is 0 Å². The first-order chi connectivity index (χ1) is 9.69. The standard InChI is InChI=1S/C14H12N4S2/c1-9-13(20-14(16)17-9)19-8-10-7-18-5-3-2-4-12(18)11(10)6-15/h2-5,7H,8H2,1H3,(H2,16,17). The van der Waals surface area contributed by atoms with Gasteiger partial charge in [0.15, 0.2) is 5.13 Å². The molecule has 0 radical (unpaired) electrons. The van der Waals surface area contributed by atoms with Gasteiger partial charge in [-0.15, -0.1) is 11.8 Å². The minimum atomic E-state index is 0.590. The number of thioether (sulfide) groups is 1. The minimum absolute atomic E-state index is 0.590. The molecule has 0 aliphatic carbocycles. The fourth-order valence-electron chi connectivity index (χ4n) is 2.10. The van der Waals surface area contributed by atoms with Gasteiger partial charge in [0, 0.05) is 18.1 Å². The van der Waals surface area contributed by atoms with Crippen LogP contribution in [0.15, 0.2) is 34.8 Å². The molecule has 0 aliphatic heterocycles. The van der Waals surface area contributed by atoms with Crippen LogP contribution in [0.5, 0.6) is 0 Å². The highest BCUT2D eigenvalue weighted by molar-refractivity contribution is 8.00. The molecule has 3 rings (SSSR count). The molecule has 0 spiro atoms. The number of nitrogens with two attached hydrogens (primary N) is 1. The number of fused-ring (bicyclic) bond motifs is 1. The number of nitriles is 1. The molecule has 0 aromatic carbocycles. The van der Waals surface area contributed by atoms with Gasteiger partial charge < -0.3 is 10.1 Å². The van der Waals surface area contributed by atoms with Gasteiger partial charge in [0.05, 0.1) is 21.0 Å². The Hall–Kier alpha value is -1.97. The zero-order chi connectivity index (χ0) is 14.1. The Morgan fingerprint density at radius 2 is 2.35 bits per heavy atom. The topological polar surface area (TPSA) is 67.1 Å². The van der Waals surface area contributed by atoms with Crippen molar-refractivity contribution in [1.82, 2.24) is 9.38 Å². The van der Waals surface area contributed by atoms with Crippen molar-refractivity contribution in [3.8, 4) is 6.07 Å². The lowest BCUT2D eigenvalue weighted by molar-refractivity contribution is 1.18. The predicted molar refractivity (Wildman–Crippen MR) is 82.9 cm³/mol. The maximum absolute atomic E-state index is 9.36. The molecule has 100 valence electrons. The number of nitrogen functional groups attached to an aromatic ring is 1. The van der Waals surface area contributed by atoms with Crippen LogP contribution in [0.3, 0.4) is 0 Å². The van der Waals surface area contributed by atoms with Crippen LogP contribution in [-0.4, -0.2) is 9.38 Å². The Morgan fingerprint density at radius 1 is 1.50 bits per heavy atom. The van der Waals surface area contributed by atoms with E-state index in [-0.39, 0.29) is 0 Å². The van der Waals surface area contributed by atoms with E-state index in [0.29, 0.717) is 5.13 Å². The molecule has 0 atom stereocenters. The van der Waals surface area contributed by atoms with Gasteiger partial charge >= 0.3 is 0 Å². The zero-order valence-corrected chi connectivity index (χ0v) is 12.5. The van der Waals surface area contributed by atoms with Crippen molar-refractivity contribution >= 4 is 33.7 Å².